The number of hydrogen-bond donors (Lipinski definition) is 1. The van der Waals surface area contributed by atoms with E-state index in [1.807, 2.05) is 0 Å². The van der Waals surface area contributed by atoms with Crippen LogP contribution in [-0.4, -0.2) is 52.0 Å². The first kappa shape index (κ1) is 9.97. The number of rotatable bonds is 3. The number of aromatic nitrogens is 2. The standard InChI is InChI=1S/C8H13N3O2S/c12-5-7-6-13-2-1-11(7)4-8-3-9-10-14-8/h3,7,12H,1-2,4-6H2. The van der Waals surface area contributed by atoms with E-state index in [-0.39, 0.29) is 12.6 Å². The summed E-state index contributed by atoms with van der Waals surface area (Å²) in [6.45, 7) is 3.17. The lowest BCUT2D eigenvalue weighted by Gasteiger charge is -2.33. The molecule has 1 saturated heterocycles. The summed E-state index contributed by atoms with van der Waals surface area (Å²) in [5, 5.41) is 12.9. The summed E-state index contributed by atoms with van der Waals surface area (Å²) in [6.07, 6.45) is 1.77. The number of morpholine rings is 1. The molecule has 0 saturated carbocycles. The highest BCUT2D eigenvalue weighted by Gasteiger charge is 2.22. The van der Waals surface area contributed by atoms with Crippen molar-refractivity contribution in [2.45, 2.75) is 12.6 Å². The Labute approximate surface area is 86.5 Å². The fourth-order valence-corrected chi connectivity index (χ4v) is 2.04. The van der Waals surface area contributed by atoms with Gasteiger partial charge < -0.3 is 9.84 Å². The Balaban J connectivity index is 1.94. The minimum atomic E-state index is 0.117. The van der Waals surface area contributed by atoms with E-state index >= 15 is 0 Å². The third-order valence-corrected chi connectivity index (χ3v) is 2.97. The third kappa shape index (κ3) is 2.27. The molecule has 2 rings (SSSR count). The molecular formula is C8H13N3O2S. The van der Waals surface area contributed by atoms with Gasteiger partial charge in [0.05, 0.1) is 36.9 Å². The first-order valence-electron chi connectivity index (χ1n) is 4.59. The van der Waals surface area contributed by atoms with E-state index in [1.54, 1.807) is 6.20 Å². The van der Waals surface area contributed by atoms with Crippen LogP contribution in [0.5, 0.6) is 0 Å². The minimum Gasteiger partial charge on any atom is -0.395 e. The van der Waals surface area contributed by atoms with E-state index in [9.17, 15) is 0 Å². The SMILES string of the molecule is OCC1COCCN1Cc1cnns1. The summed E-state index contributed by atoms with van der Waals surface area (Å²) in [4.78, 5) is 3.34. The molecule has 0 radical (unpaired) electrons. The number of hydrogen-bond acceptors (Lipinski definition) is 6. The molecule has 0 bridgehead atoms. The van der Waals surface area contributed by atoms with E-state index in [0.29, 0.717) is 6.61 Å². The second-order valence-electron chi connectivity index (χ2n) is 3.27. The highest BCUT2D eigenvalue weighted by molar-refractivity contribution is 7.05. The molecule has 0 spiro atoms. The molecular weight excluding hydrogens is 202 g/mol. The van der Waals surface area contributed by atoms with Gasteiger partial charge in [-0.1, -0.05) is 4.49 Å². The van der Waals surface area contributed by atoms with Gasteiger partial charge in [-0.25, -0.2) is 0 Å². The van der Waals surface area contributed by atoms with Crippen molar-refractivity contribution in [3.63, 3.8) is 0 Å². The quantitative estimate of drug-likeness (QED) is 0.752. The van der Waals surface area contributed by atoms with Gasteiger partial charge in [-0.3, -0.25) is 4.90 Å². The summed E-state index contributed by atoms with van der Waals surface area (Å²) >= 11 is 1.40. The van der Waals surface area contributed by atoms with E-state index in [4.69, 9.17) is 9.84 Å². The maximum Gasteiger partial charge on any atom is 0.0666 e. The number of ether oxygens (including phenoxy) is 1. The van der Waals surface area contributed by atoms with Crippen molar-refractivity contribution in [3.05, 3.63) is 11.1 Å². The van der Waals surface area contributed by atoms with Gasteiger partial charge in [-0.05, 0) is 11.5 Å². The molecule has 1 aromatic heterocycles. The molecule has 5 nitrogen and oxygen atoms in total. The molecule has 78 valence electrons. The Hall–Kier alpha value is -0.560. The van der Waals surface area contributed by atoms with Gasteiger partial charge in [0, 0.05) is 13.1 Å². The van der Waals surface area contributed by atoms with Crippen LogP contribution in [-0.2, 0) is 11.3 Å². The van der Waals surface area contributed by atoms with Gasteiger partial charge >= 0.3 is 0 Å². The first-order valence-corrected chi connectivity index (χ1v) is 5.36. The first-order chi connectivity index (χ1) is 6.90. The average Bonchev–Trinajstić information content (AvgIpc) is 2.71. The number of nitrogens with zero attached hydrogens (tertiary/aromatic N) is 3. The second-order valence-corrected chi connectivity index (χ2v) is 4.14. The molecule has 1 aliphatic rings. The lowest BCUT2D eigenvalue weighted by molar-refractivity contribution is -0.0308. The van der Waals surface area contributed by atoms with Gasteiger partial charge in [0.15, 0.2) is 0 Å². The largest absolute Gasteiger partial charge is 0.395 e. The zero-order chi connectivity index (χ0) is 9.80. The summed E-state index contributed by atoms with van der Waals surface area (Å²) < 4.78 is 9.10. The Bertz CT molecular complexity index is 268. The van der Waals surface area contributed by atoms with Crippen molar-refractivity contribution >= 4 is 11.5 Å². The maximum absolute atomic E-state index is 9.14. The molecule has 1 aliphatic heterocycles. The predicted octanol–water partition coefficient (Wildman–Crippen LogP) is -0.269. The molecule has 1 atom stereocenters. The zero-order valence-corrected chi connectivity index (χ0v) is 8.61. The summed E-state index contributed by atoms with van der Waals surface area (Å²) in [5.41, 5.74) is 0. The fourth-order valence-electron chi connectivity index (χ4n) is 1.52. The van der Waals surface area contributed by atoms with Crippen LogP contribution in [0.3, 0.4) is 0 Å². The lowest BCUT2D eigenvalue weighted by atomic mass is 10.2. The van der Waals surface area contributed by atoms with Gasteiger partial charge in [0.25, 0.3) is 0 Å². The summed E-state index contributed by atoms with van der Waals surface area (Å²) in [7, 11) is 0. The van der Waals surface area contributed by atoms with Crippen molar-refractivity contribution in [3.8, 4) is 0 Å². The number of aliphatic hydroxyl groups excluding tert-OH is 1. The average molecular weight is 215 g/mol. The van der Waals surface area contributed by atoms with Crippen LogP contribution in [0.2, 0.25) is 0 Å². The highest BCUT2D eigenvalue weighted by Crippen LogP contribution is 2.13. The van der Waals surface area contributed by atoms with Crippen molar-refractivity contribution in [1.29, 1.82) is 0 Å². The van der Waals surface area contributed by atoms with Crippen LogP contribution in [0.1, 0.15) is 4.88 Å². The van der Waals surface area contributed by atoms with E-state index in [0.717, 1.165) is 24.6 Å². The van der Waals surface area contributed by atoms with Crippen molar-refractivity contribution in [1.82, 2.24) is 14.5 Å². The molecule has 1 aromatic rings. The normalized spacial score (nSPS) is 23.9. The molecule has 1 fully saturated rings. The van der Waals surface area contributed by atoms with Crippen LogP contribution >= 0.6 is 11.5 Å². The summed E-state index contributed by atoms with van der Waals surface area (Å²) in [6, 6.07) is 0.117. The Morgan fingerprint density at radius 1 is 1.71 bits per heavy atom. The van der Waals surface area contributed by atoms with Gasteiger partial charge in [-0.15, -0.1) is 5.10 Å². The predicted molar refractivity (Wildman–Crippen MR) is 52.0 cm³/mol. The molecule has 1 N–H and O–H groups in total. The van der Waals surface area contributed by atoms with Crippen molar-refractivity contribution in [2.75, 3.05) is 26.4 Å². The lowest BCUT2D eigenvalue weighted by Crippen LogP contribution is -2.46. The maximum atomic E-state index is 9.14. The van der Waals surface area contributed by atoms with Crippen LogP contribution in [0.15, 0.2) is 6.20 Å². The van der Waals surface area contributed by atoms with Crippen LogP contribution in [0.25, 0.3) is 0 Å². The van der Waals surface area contributed by atoms with Crippen molar-refractivity contribution < 1.29 is 9.84 Å². The second kappa shape index (κ2) is 4.79. The van der Waals surface area contributed by atoms with Gasteiger partial charge in [-0.2, -0.15) is 0 Å². The van der Waals surface area contributed by atoms with Gasteiger partial charge in [0.1, 0.15) is 0 Å². The molecule has 6 heteroatoms. The van der Waals surface area contributed by atoms with Crippen molar-refractivity contribution in [2.24, 2.45) is 0 Å². The highest BCUT2D eigenvalue weighted by atomic mass is 32.1. The third-order valence-electron chi connectivity index (χ3n) is 2.33. The molecule has 2 heterocycles. The topological polar surface area (TPSA) is 58.5 Å². The zero-order valence-electron chi connectivity index (χ0n) is 7.80. The smallest absolute Gasteiger partial charge is 0.0666 e. The fraction of sp³-hybridized carbons (Fsp3) is 0.750. The van der Waals surface area contributed by atoms with Crippen LogP contribution < -0.4 is 0 Å². The van der Waals surface area contributed by atoms with E-state index in [2.05, 4.69) is 14.5 Å². The number of aliphatic hydroxyl groups is 1. The Morgan fingerprint density at radius 2 is 2.64 bits per heavy atom. The molecule has 1 unspecified atom stereocenters. The van der Waals surface area contributed by atoms with E-state index in [1.165, 1.54) is 11.5 Å². The Morgan fingerprint density at radius 3 is 3.36 bits per heavy atom. The van der Waals surface area contributed by atoms with Crippen LogP contribution in [0, 0.1) is 0 Å². The minimum absolute atomic E-state index is 0.117. The van der Waals surface area contributed by atoms with Gasteiger partial charge in [0.2, 0.25) is 0 Å². The Kier molecular flexibility index (Phi) is 3.41. The molecule has 14 heavy (non-hydrogen) atoms. The molecule has 0 aliphatic carbocycles. The monoisotopic (exact) mass is 215 g/mol. The molecule has 0 amide bonds. The van der Waals surface area contributed by atoms with E-state index < -0.39 is 0 Å². The summed E-state index contributed by atoms with van der Waals surface area (Å²) in [5.74, 6) is 0. The molecule has 0 aromatic carbocycles. The van der Waals surface area contributed by atoms with Crippen LogP contribution in [0.4, 0.5) is 0 Å².